The van der Waals surface area contributed by atoms with Crippen LogP contribution in [0.15, 0.2) is 60.1 Å². The van der Waals surface area contributed by atoms with Crippen molar-refractivity contribution < 1.29 is 9.84 Å². The van der Waals surface area contributed by atoms with Crippen LogP contribution in [0.1, 0.15) is 79.9 Å². The zero-order valence-electron chi connectivity index (χ0n) is 27.7. The number of benzene rings is 2. The number of rotatable bonds is 10. The van der Waals surface area contributed by atoms with E-state index in [1.54, 1.807) is 22.5 Å². The Morgan fingerprint density at radius 3 is 2.51 bits per heavy atom. The molecule has 1 aromatic heterocycles. The SMILES string of the molecule is O[C@H](COC1CCCC(c2ccc3c(c2)C(CN2CC4CC(C2)N4c2ccccc2)CC3)C1)CN1C2CCC1CN(c1nccs1)C2. The van der Waals surface area contributed by atoms with Crippen molar-refractivity contribution in [2.45, 2.75) is 106 Å². The molecule has 250 valence electrons. The maximum absolute atomic E-state index is 11.1. The molecule has 4 bridgehead atoms. The van der Waals surface area contributed by atoms with E-state index in [-0.39, 0.29) is 6.10 Å². The lowest BCUT2D eigenvalue weighted by Crippen LogP contribution is -2.69. The minimum Gasteiger partial charge on any atom is -0.389 e. The smallest absolute Gasteiger partial charge is 0.185 e. The van der Waals surface area contributed by atoms with Crippen LogP contribution in [0.2, 0.25) is 0 Å². The molecule has 8 atom stereocenters. The van der Waals surface area contributed by atoms with Gasteiger partial charge in [-0.3, -0.25) is 9.80 Å². The van der Waals surface area contributed by atoms with Crippen molar-refractivity contribution in [3.05, 3.63) is 76.8 Å². The lowest BCUT2D eigenvalue weighted by atomic mass is 9.81. The Balaban J connectivity index is 0.771. The molecule has 0 amide bonds. The number of aliphatic hydroxyl groups excluding tert-OH is 1. The molecule has 7 unspecified atom stereocenters. The van der Waals surface area contributed by atoms with Crippen molar-refractivity contribution in [3.63, 3.8) is 0 Å². The highest BCUT2D eigenvalue weighted by molar-refractivity contribution is 7.13. The summed E-state index contributed by atoms with van der Waals surface area (Å²) in [6.45, 7) is 6.84. The second-order valence-electron chi connectivity index (χ2n) is 15.5. The first-order valence-corrected chi connectivity index (χ1v) is 19.4. The van der Waals surface area contributed by atoms with Gasteiger partial charge in [0.1, 0.15) is 0 Å². The minimum absolute atomic E-state index is 0.249. The summed E-state index contributed by atoms with van der Waals surface area (Å²) in [4.78, 5) is 15.0. The topological polar surface area (TPSA) is 55.3 Å². The molecule has 10 rings (SSSR count). The Kier molecular flexibility index (Phi) is 8.51. The van der Waals surface area contributed by atoms with Gasteiger partial charge in [0.15, 0.2) is 5.13 Å². The predicted molar refractivity (Wildman–Crippen MR) is 190 cm³/mol. The van der Waals surface area contributed by atoms with Gasteiger partial charge >= 0.3 is 0 Å². The molecule has 6 heterocycles. The Hall–Kier alpha value is -2.49. The normalized spacial score (nSPS) is 32.7. The summed E-state index contributed by atoms with van der Waals surface area (Å²) in [6.07, 6.45) is 12.7. The molecule has 5 aliphatic heterocycles. The number of fused-ring (bicyclic) bond motifs is 5. The highest BCUT2D eigenvalue weighted by Crippen LogP contribution is 2.42. The standard InChI is InChI=1S/C39H51N5O2S/c45-36(25-43-32-13-14-33(43)24-42(23-32)39-40-15-16-47-39)26-46-37-8-4-5-28(17-37)29-11-9-27-10-12-30(38(27)18-29)20-41-21-34-19-35(22-41)44(34)31-6-2-1-3-7-31/h1-3,6-7,9,11,15-16,18,28,30,32-37,45H,4-5,8,10,12-14,17,19-26H2/t28?,30?,32?,33?,34?,35?,36-,37?/m0/s1. The zero-order chi connectivity index (χ0) is 31.3. The van der Waals surface area contributed by atoms with E-state index in [2.05, 4.69) is 78.5 Å². The largest absolute Gasteiger partial charge is 0.389 e. The average Bonchev–Trinajstić information content (AvgIpc) is 3.83. The number of hydrogen-bond donors (Lipinski definition) is 1. The van der Waals surface area contributed by atoms with Gasteiger partial charge in [-0.2, -0.15) is 0 Å². The Bertz CT molecular complexity index is 1480. The molecule has 7 nitrogen and oxygen atoms in total. The first-order chi connectivity index (χ1) is 23.1. The van der Waals surface area contributed by atoms with Crippen LogP contribution in [0.5, 0.6) is 0 Å². The molecule has 1 saturated carbocycles. The minimum atomic E-state index is -0.425. The van der Waals surface area contributed by atoms with Crippen molar-refractivity contribution in [3.8, 4) is 0 Å². The third-order valence-electron chi connectivity index (χ3n) is 12.5. The number of piperazine rings is 2. The molecule has 2 aliphatic carbocycles. The Morgan fingerprint density at radius 1 is 0.894 bits per heavy atom. The van der Waals surface area contributed by atoms with Gasteiger partial charge in [0.05, 0.1) is 18.8 Å². The fourth-order valence-corrected chi connectivity index (χ4v) is 11.0. The van der Waals surface area contributed by atoms with Gasteiger partial charge in [-0.25, -0.2) is 4.98 Å². The molecule has 1 N–H and O–H groups in total. The van der Waals surface area contributed by atoms with Crippen molar-refractivity contribution >= 4 is 22.2 Å². The highest BCUT2D eigenvalue weighted by atomic mass is 32.1. The van der Waals surface area contributed by atoms with E-state index in [4.69, 9.17) is 4.74 Å². The summed E-state index contributed by atoms with van der Waals surface area (Å²) in [6, 6.07) is 20.9. The van der Waals surface area contributed by atoms with Gasteiger partial charge in [-0.15, -0.1) is 11.3 Å². The number of nitrogens with zero attached hydrogens (tertiary/aromatic N) is 5. The summed E-state index contributed by atoms with van der Waals surface area (Å²) < 4.78 is 6.47. The van der Waals surface area contributed by atoms with E-state index in [1.165, 1.54) is 75.8 Å². The van der Waals surface area contributed by atoms with E-state index >= 15 is 0 Å². The van der Waals surface area contributed by atoms with Crippen molar-refractivity contribution in [2.75, 3.05) is 55.7 Å². The van der Waals surface area contributed by atoms with E-state index in [1.807, 2.05) is 6.20 Å². The van der Waals surface area contributed by atoms with E-state index < -0.39 is 6.10 Å². The van der Waals surface area contributed by atoms with E-state index in [0.29, 0.717) is 42.6 Å². The van der Waals surface area contributed by atoms with E-state index in [0.717, 1.165) is 37.6 Å². The van der Waals surface area contributed by atoms with Crippen LogP contribution in [0.4, 0.5) is 10.8 Å². The van der Waals surface area contributed by atoms with Crippen LogP contribution in [0.25, 0.3) is 0 Å². The summed E-state index contributed by atoms with van der Waals surface area (Å²) in [5.74, 6) is 1.23. The number of ether oxygens (including phenoxy) is 1. The average molecular weight is 654 g/mol. The first kappa shape index (κ1) is 30.6. The van der Waals surface area contributed by atoms with Crippen molar-refractivity contribution in [1.29, 1.82) is 0 Å². The van der Waals surface area contributed by atoms with Gasteiger partial charge < -0.3 is 19.6 Å². The van der Waals surface area contributed by atoms with Crippen LogP contribution in [-0.4, -0.2) is 102 Å². The number of piperidine rings is 1. The molecular formula is C39H51N5O2S. The molecule has 6 fully saturated rings. The van der Waals surface area contributed by atoms with E-state index in [9.17, 15) is 5.11 Å². The molecule has 7 aliphatic rings. The number of para-hydroxylation sites is 1. The van der Waals surface area contributed by atoms with Crippen LogP contribution in [0, 0.1) is 0 Å². The molecule has 0 spiro atoms. The third kappa shape index (κ3) is 6.14. The summed E-state index contributed by atoms with van der Waals surface area (Å²) in [5, 5.41) is 14.3. The second-order valence-corrected chi connectivity index (χ2v) is 16.3. The lowest BCUT2D eigenvalue weighted by Gasteiger charge is -2.58. The Morgan fingerprint density at radius 2 is 1.72 bits per heavy atom. The molecular weight excluding hydrogens is 603 g/mol. The lowest BCUT2D eigenvalue weighted by molar-refractivity contribution is -0.0415. The highest BCUT2D eigenvalue weighted by Gasteiger charge is 2.45. The fourth-order valence-electron chi connectivity index (χ4n) is 10.3. The quantitative estimate of drug-likeness (QED) is 0.293. The number of hydrogen-bond acceptors (Lipinski definition) is 8. The molecule has 3 aromatic rings. The maximum atomic E-state index is 11.1. The molecule has 5 saturated heterocycles. The molecule has 8 heteroatoms. The van der Waals surface area contributed by atoms with Gasteiger partial charge in [0.2, 0.25) is 0 Å². The van der Waals surface area contributed by atoms with Crippen molar-refractivity contribution in [2.24, 2.45) is 0 Å². The fraction of sp³-hybridized carbons (Fsp3) is 0.615. The number of aryl methyl sites for hydroxylation is 1. The van der Waals surface area contributed by atoms with Crippen LogP contribution >= 0.6 is 11.3 Å². The predicted octanol–water partition coefficient (Wildman–Crippen LogP) is 5.89. The Labute approximate surface area is 284 Å². The second kappa shape index (κ2) is 13.1. The van der Waals surface area contributed by atoms with Crippen molar-refractivity contribution in [1.82, 2.24) is 14.8 Å². The summed E-state index contributed by atoms with van der Waals surface area (Å²) >= 11 is 1.74. The molecule has 47 heavy (non-hydrogen) atoms. The van der Waals surface area contributed by atoms with Gasteiger partial charge in [-0.1, -0.05) is 42.8 Å². The zero-order valence-corrected chi connectivity index (χ0v) is 28.5. The van der Waals surface area contributed by atoms with Crippen LogP contribution in [0.3, 0.4) is 0 Å². The molecule has 0 radical (unpaired) electrons. The van der Waals surface area contributed by atoms with Crippen LogP contribution < -0.4 is 9.80 Å². The number of aliphatic hydroxyl groups is 1. The first-order valence-electron chi connectivity index (χ1n) is 18.5. The summed E-state index contributed by atoms with van der Waals surface area (Å²) in [5.41, 5.74) is 6.14. The summed E-state index contributed by atoms with van der Waals surface area (Å²) in [7, 11) is 0. The number of aromatic nitrogens is 1. The van der Waals surface area contributed by atoms with Gasteiger partial charge in [0.25, 0.3) is 0 Å². The van der Waals surface area contributed by atoms with Crippen LogP contribution in [-0.2, 0) is 11.2 Å². The number of anilines is 2. The number of thiazole rings is 1. The monoisotopic (exact) mass is 653 g/mol. The third-order valence-corrected chi connectivity index (χ3v) is 13.4. The maximum Gasteiger partial charge on any atom is 0.185 e. The molecule has 2 aromatic carbocycles. The van der Waals surface area contributed by atoms with Gasteiger partial charge in [0, 0.05) is 80.7 Å². The van der Waals surface area contributed by atoms with Gasteiger partial charge in [-0.05, 0) is 92.0 Å².